The van der Waals surface area contributed by atoms with Gasteiger partial charge in [0.25, 0.3) is 0 Å². The molecule has 0 atom stereocenters. The summed E-state index contributed by atoms with van der Waals surface area (Å²) in [6, 6.07) is 9.02. The van der Waals surface area contributed by atoms with Gasteiger partial charge < -0.3 is 13.9 Å². The van der Waals surface area contributed by atoms with Crippen LogP contribution in [0.4, 0.5) is 6.01 Å². The van der Waals surface area contributed by atoms with Gasteiger partial charge in [0.05, 0.1) is 6.54 Å². The standard InChI is InChI=1S/C18H20ClN5O/c19-14-4-3-13-9-15-11-22(7-8-24(15)16(13)10-14)12-17-20-21-18(25-17)23-5-1-2-6-23/h3-4,9-10H,1-2,5-8,11-12H2. The van der Waals surface area contributed by atoms with E-state index in [2.05, 4.69) is 42.8 Å². The van der Waals surface area contributed by atoms with Gasteiger partial charge in [-0.15, -0.1) is 5.10 Å². The zero-order chi connectivity index (χ0) is 16.8. The molecule has 6 nitrogen and oxygen atoms in total. The number of nitrogens with zero attached hydrogens (tertiary/aromatic N) is 5. The van der Waals surface area contributed by atoms with Gasteiger partial charge in [-0.3, -0.25) is 4.90 Å². The predicted octanol–water partition coefficient (Wildman–Crippen LogP) is 3.29. The fourth-order valence-electron chi connectivity index (χ4n) is 3.90. The smallest absolute Gasteiger partial charge is 0.318 e. The zero-order valence-electron chi connectivity index (χ0n) is 14.0. The highest BCUT2D eigenvalue weighted by Crippen LogP contribution is 2.27. The van der Waals surface area contributed by atoms with Crippen molar-refractivity contribution in [1.82, 2.24) is 19.7 Å². The average Bonchev–Trinajstić information content (AvgIpc) is 3.33. The molecular weight excluding hydrogens is 338 g/mol. The fraction of sp³-hybridized carbons (Fsp3) is 0.444. The topological polar surface area (TPSA) is 50.3 Å². The van der Waals surface area contributed by atoms with Gasteiger partial charge in [0.15, 0.2) is 0 Å². The lowest BCUT2D eigenvalue weighted by atomic mass is 10.2. The summed E-state index contributed by atoms with van der Waals surface area (Å²) in [6.45, 7) is 5.54. The Kier molecular flexibility index (Phi) is 3.68. The van der Waals surface area contributed by atoms with Crippen molar-refractivity contribution in [2.45, 2.75) is 32.5 Å². The number of fused-ring (bicyclic) bond motifs is 3. The Hall–Kier alpha value is -2.05. The third-order valence-electron chi connectivity index (χ3n) is 5.17. The summed E-state index contributed by atoms with van der Waals surface area (Å²) < 4.78 is 8.23. The van der Waals surface area contributed by atoms with Crippen LogP contribution >= 0.6 is 11.6 Å². The molecule has 0 N–H and O–H groups in total. The molecule has 0 amide bonds. The molecular formula is C18H20ClN5O. The quantitative estimate of drug-likeness (QED) is 0.720. The first-order chi connectivity index (χ1) is 12.3. The molecule has 0 spiro atoms. The highest BCUT2D eigenvalue weighted by Gasteiger charge is 2.22. The first kappa shape index (κ1) is 15.2. The van der Waals surface area contributed by atoms with Crippen molar-refractivity contribution in [1.29, 1.82) is 0 Å². The van der Waals surface area contributed by atoms with Crippen LogP contribution in [0.3, 0.4) is 0 Å². The molecule has 25 heavy (non-hydrogen) atoms. The minimum atomic E-state index is 0.674. The Labute approximate surface area is 151 Å². The third-order valence-corrected chi connectivity index (χ3v) is 5.40. The van der Waals surface area contributed by atoms with Crippen molar-refractivity contribution in [2.24, 2.45) is 0 Å². The van der Waals surface area contributed by atoms with Crippen LogP contribution < -0.4 is 4.90 Å². The molecule has 1 saturated heterocycles. The van der Waals surface area contributed by atoms with E-state index in [9.17, 15) is 0 Å². The van der Waals surface area contributed by atoms with Crippen LogP contribution in [-0.4, -0.2) is 39.3 Å². The first-order valence-corrected chi connectivity index (χ1v) is 9.21. The molecule has 2 aliphatic rings. The highest BCUT2D eigenvalue weighted by molar-refractivity contribution is 6.31. The molecule has 0 unspecified atom stereocenters. The largest absolute Gasteiger partial charge is 0.407 e. The van der Waals surface area contributed by atoms with Crippen molar-refractivity contribution in [3.05, 3.63) is 40.9 Å². The molecule has 4 heterocycles. The van der Waals surface area contributed by atoms with Crippen molar-refractivity contribution >= 4 is 28.5 Å². The van der Waals surface area contributed by atoms with Gasteiger partial charge >= 0.3 is 6.01 Å². The second-order valence-corrected chi connectivity index (χ2v) is 7.31. The molecule has 2 aliphatic heterocycles. The summed E-state index contributed by atoms with van der Waals surface area (Å²) in [5.74, 6) is 0.703. The molecule has 0 radical (unpaired) electrons. The Morgan fingerprint density at radius 2 is 1.92 bits per heavy atom. The number of benzene rings is 1. The summed E-state index contributed by atoms with van der Waals surface area (Å²) in [7, 11) is 0. The van der Waals surface area contributed by atoms with Crippen LogP contribution in [0.5, 0.6) is 0 Å². The van der Waals surface area contributed by atoms with Gasteiger partial charge in [0.1, 0.15) is 0 Å². The Morgan fingerprint density at radius 1 is 1.04 bits per heavy atom. The van der Waals surface area contributed by atoms with Crippen molar-refractivity contribution in [3.63, 3.8) is 0 Å². The summed E-state index contributed by atoms with van der Waals surface area (Å²) >= 11 is 6.15. The fourth-order valence-corrected chi connectivity index (χ4v) is 4.07. The summed E-state index contributed by atoms with van der Waals surface area (Å²) in [4.78, 5) is 4.53. The lowest BCUT2D eigenvalue weighted by Gasteiger charge is -2.27. The average molecular weight is 358 g/mol. The van der Waals surface area contributed by atoms with Crippen molar-refractivity contribution < 1.29 is 4.42 Å². The van der Waals surface area contributed by atoms with E-state index in [4.69, 9.17) is 16.0 Å². The number of aromatic nitrogens is 3. The number of hydrogen-bond acceptors (Lipinski definition) is 5. The first-order valence-electron chi connectivity index (χ1n) is 8.84. The Bertz CT molecular complexity index is 911. The normalized spacial score (nSPS) is 18.2. The number of halogens is 1. The van der Waals surface area contributed by atoms with E-state index in [0.717, 1.165) is 37.7 Å². The van der Waals surface area contributed by atoms with E-state index in [1.54, 1.807) is 0 Å². The van der Waals surface area contributed by atoms with Crippen molar-refractivity contribution in [2.75, 3.05) is 24.5 Å². The summed E-state index contributed by atoms with van der Waals surface area (Å²) in [6.07, 6.45) is 2.41. The molecule has 130 valence electrons. The van der Waals surface area contributed by atoms with Gasteiger partial charge in [-0.05, 0) is 31.0 Å². The zero-order valence-corrected chi connectivity index (χ0v) is 14.7. The number of anilines is 1. The van der Waals surface area contributed by atoms with Gasteiger partial charge in [-0.2, -0.15) is 0 Å². The maximum atomic E-state index is 6.15. The molecule has 7 heteroatoms. The highest BCUT2D eigenvalue weighted by atomic mass is 35.5. The minimum absolute atomic E-state index is 0.674. The molecule has 0 saturated carbocycles. The van der Waals surface area contributed by atoms with Crippen LogP contribution in [0.1, 0.15) is 24.4 Å². The Balaban J connectivity index is 1.33. The van der Waals surface area contributed by atoms with E-state index in [0.29, 0.717) is 18.5 Å². The molecule has 2 aromatic heterocycles. The minimum Gasteiger partial charge on any atom is -0.407 e. The maximum absolute atomic E-state index is 6.15. The summed E-state index contributed by atoms with van der Waals surface area (Å²) in [5.41, 5.74) is 2.53. The third kappa shape index (κ3) is 2.79. The molecule has 1 aromatic carbocycles. The molecule has 0 bridgehead atoms. The summed E-state index contributed by atoms with van der Waals surface area (Å²) in [5, 5.41) is 10.5. The molecule has 1 fully saturated rings. The van der Waals surface area contributed by atoms with Crippen LogP contribution in [0.15, 0.2) is 28.7 Å². The van der Waals surface area contributed by atoms with Crippen molar-refractivity contribution in [3.8, 4) is 0 Å². The lowest BCUT2D eigenvalue weighted by molar-refractivity contribution is 0.196. The SMILES string of the molecule is Clc1ccc2cc3n(c2c1)CCN(Cc1nnc(N2CCCC2)o1)C3. The predicted molar refractivity (Wildman–Crippen MR) is 96.8 cm³/mol. The molecule has 3 aromatic rings. The maximum Gasteiger partial charge on any atom is 0.318 e. The van der Waals surface area contributed by atoms with Crippen LogP contribution in [0.2, 0.25) is 5.02 Å². The van der Waals surface area contributed by atoms with E-state index in [-0.39, 0.29) is 0 Å². The number of hydrogen-bond donors (Lipinski definition) is 0. The lowest BCUT2D eigenvalue weighted by Crippen LogP contribution is -2.32. The van der Waals surface area contributed by atoms with E-state index in [1.807, 2.05) is 6.07 Å². The van der Waals surface area contributed by atoms with Gasteiger partial charge in [-0.1, -0.05) is 22.8 Å². The molecule has 0 aliphatic carbocycles. The van der Waals surface area contributed by atoms with Crippen LogP contribution in [-0.2, 0) is 19.6 Å². The van der Waals surface area contributed by atoms with Gasteiger partial charge in [-0.25, -0.2) is 0 Å². The van der Waals surface area contributed by atoms with Crippen LogP contribution in [0, 0.1) is 0 Å². The second kappa shape index (κ2) is 6.04. The molecule has 5 rings (SSSR count). The van der Waals surface area contributed by atoms with E-state index >= 15 is 0 Å². The van der Waals surface area contributed by atoms with E-state index < -0.39 is 0 Å². The second-order valence-electron chi connectivity index (χ2n) is 6.87. The number of rotatable bonds is 3. The Morgan fingerprint density at radius 3 is 2.80 bits per heavy atom. The van der Waals surface area contributed by atoms with E-state index in [1.165, 1.54) is 29.4 Å². The van der Waals surface area contributed by atoms with Crippen LogP contribution in [0.25, 0.3) is 10.9 Å². The van der Waals surface area contributed by atoms with Gasteiger partial charge in [0.2, 0.25) is 5.89 Å². The van der Waals surface area contributed by atoms with Gasteiger partial charge in [0, 0.05) is 54.3 Å². The monoisotopic (exact) mass is 357 g/mol.